The Hall–Kier alpha value is -4.05. The summed E-state index contributed by atoms with van der Waals surface area (Å²) in [6.07, 6.45) is 0.824. The average molecular weight is 618 g/mol. The Labute approximate surface area is 262 Å². The standard InChI is InChI=1S/C34H39N3O6S/c1-33(2,3)36-18-17-23(28(36)38)19-24-20-44-30-25(35-32(41)43-34(4,5)6)29(39)37(30)26(24)31(40)42-27(21-13-9-7-10-14-21)22-15-11-8-12-16-22/h7-16,19-20,25-27,30H,17-18H2,1-6H3,(H,35,41). The number of hydrogen-bond donors (Lipinski definition) is 1. The molecule has 2 aromatic rings. The van der Waals surface area contributed by atoms with Crippen molar-refractivity contribution in [2.24, 2.45) is 0 Å². The van der Waals surface area contributed by atoms with Crippen LogP contribution in [0.3, 0.4) is 0 Å². The number of β-lactam (4-membered cyclic amide) rings is 1. The fourth-order valence-electron chi connectivity index (χ4n) is 5.56. The minimum atomic E-state index is -1.11. The number of hydrogen-bond acceptors (Lipinski definition) is 7. The molecule has 0 radical (unpaired) electrons. The molecule has 3 aliphatic rings. The van der Waals surface area contributed by atoms with Gasteiger partial charge in [0, 0.05) is 17.7 Å². The van der Waals surface area contributed by atoms with Crippen LogP contribution in [0.5, 0.6) is 0 Å². The Kier molecular flexibility index (Phi) is 8.66. The molecule has 1 N–H and O–H groups in total. The van der Waals surface area contributed by atoms with Gasteiger partial charge in [0.2, 0.25) is 11.8 Å². The van der Waals surface area contributed by atoms with E-state index in [4.69, 9.17) is 9.47 Å². The van der Waals surface area contributed by atoms with Gasteiger partial charge in [0.05, 0.1) is 0 Å². The predicted molar refractivity (Wildman–Crippen MR) is 168 cm³/mol. The third-order valence-electron chi connectivity index (χ3n) is 7.63. The minimum absolute atomic E-state index is 0.0940. The van der Waals surface area contributed by atoms with Gasteiger partial charge in [-0.2, -0.15) is 0 Å². The third-order valence-corrected chi connectivity index (χ3v) is 8.81. The monoisotopic (exact) mass is 617 g/mol. The van der Waals surface area contributed by atoms with Crippen molar-refractivity contribution in [1.29, 1.82) is 0 Å². The number of ether oxygens (including phenoxy) is 2. The molecule has 2 fully saturated rings. The van der Waals surface area contributed by atoms with Gasteiger partial charge in [0.15, 0.2) is 12.1 Å². The Morgan fingerprint density at radius 3 is 2.07 bits per heavy atom. The van der Waals surface area contributed by atoms with Crippen LogP contribution >= 0.6 is 11.8 Å². The van der Waals surface area contributed by atoms with E-state index in [0.717, 1.165) is 11.1 Å². The lowest BCUT2D eigenvalue weighted by Crippen LogP contribution is -2.74. The van der Waals surface area contributed by atoms with E-state index in [1.54, 1.807) is 32.3 Å². The van der Waals surface area contributed by atoms with E-state index in [-0.39, 0.29) is 11.4 Å². The number of carbonyl (C=O) groups excluding carboxylic acids is 4. The van der Waals surface area contributed by atoms with Gasteiger partial charge in [0.1, 0.15) is 17.0 Å². The molecule has 2 saturated heterocycles. The summed E-state index contributed by atoms with van der Waals surface area (Å²) >= 11 is 1.31. The Morgan fingerprint density at radius 2 is 1.55 bits per heavy atom. The van der Waals surface area contributed by atoms with E-state index < -0.39 is 47.1 Å². The van der Waals surface area contributed by atoms with Crippen molar-refractivity contribution in [2.75, 3.05) is 6.54 Å². The lowest BCUT2D eigenvalue weighted by Gasteiger charge is -2.51. The van der Waals surface area contributed by atoms with E-state index in [9.17, 15) is 19.2 Å². The smallest absolute Gasteiger partial charge is 0.408 e. The normalized spacial score (nSPS) is 22.8. The number of amides is 3. The molecule has 0 saturated carbocycles. The minimum Gasteiger partial charge on any atom is -0.451 e. The molecular formula is C34H39N3O6S. The summed E-state index contributed by atoms with van der Waals surface area (Å²) in [6.45, 7) is 11.8. The fourth-order valence-corrected chi connectivity index (χ4v) is 6.75. The summed E-state index contributed by atoms with van der Waals surface area (Å²) in [5.41, 5.74) is 1.55. The number of esters is 1. The maximum Gasteiger partial charge on any atom is 0.408 e. The summed E-state index contributed by atoms with van der Waals surface area (Å²) in [7, 11) is 0. The van der Waals surface area contributed by atoms with Gasteiger partial charge < -0.3 is 24.6 Å². The van der Waals surface area contributed by atoms with Crippen molar-refractivity contribution in [3.63, 3.8) is 0 Å². The molecule has 3 aliphatic heterocycles. The summed E-state index contributed by atoms with van der Waals surface area (Å²) < 4.78 is 11.6. The van der Waals surface area contributed by atoms with Crippen LogP contribution in [0.2, 0.25) is 0 Å². The van der Waals surface area contributed by atoms with Gasteiger partial charge in [-0.3, -0.25) is 9.59 Å². The Morgan fingerprint density at radius 1 is 0.955 bits per heavy atom. The van der Waals surface area contributed by atoms with E-state index in [1.807, 2.05) is 86.3 Å². The largest absolute Gasteiger partial charge is 0.451 e. The molecule has 0 bridgehead atoms. The number of fused-ring (bicyclic) bond motifs is 1. The van der Waals surface area contributed by atoms with Crippen LogP contribution in [0, 0.1) is 0 Å². The molecule has 0 aliphatic carbocycles. The molecule has 10 heteroatoms. The first-order valence-corrected chi connectivity index (χ1v) is 15.7. The molecule has 0 spiro atoms. The van der Waals surface area contributed by atoms with E-state index in [2.05, 4.69) is 5.32 Å². The average Bonchev–Trinajstić information content (AvgIpc) is 3.34. The van der Waals surface area contributed by atoms with Gasteiger partial charge in [0.25, 0.3) is 0 Å². The van der Waals surface area contributed by atoms with Crippen LogP contribution in [0.4, 0.5) is 4.79 Å². The highest BCUT2D eigenvalue weighted by molar-refractivity contribution is 8.03. The first kappa shape index (κ1) is 31.4. The number of likely N-dealkylation sites (tertiary alicyclic amines) is 1. The number of benzene rings is 2. The molecule has 2 aromatic carbocycles. The zero-order valence-corrected chi connectivity index (χ0v) is 26.7. The van der Waals surface area contributed by atoms with Crippen LogP contribution in [-0.4, -0.2) is 68.8 Å². The highest BCUT2D eigenvalue weighted by Crippen LogP contribution is 2.42. The zero-order chi connectivity index (χ0) is 31.8. The number of rotatable bonds is 6. The molecule has 9 nitrogen and oxygen atoms in total. The van der Waals surface area contributed by atoms with Gasteiger partial charge in [-0.05, 0) is 76.1 Å². The van der Waals surface area contributed by atoms with Gasteiger partial charge in [-0.25, -0.2) is 9.59 Å². The van der Waals surface area contributed by atoms with E-state index >= 15 is 0 Å². The molecular weight excluding hydrogens is 578 g/mol. The van der Waals surface area contributed by atoms with Crippen molar-refractivity contribution in [3.8, 4) is 0 Å². The first-order valence-electron chi connectivity index (χ1n) is 14.7. The predicted octanol–water partition coefficient (Wildman–Crippen LogP) is 5.34. The fraction of sp³-hybridized carbons (Fsp3) is 0.412. The number of nitrogens with one attached hydrogen (secondary N) is 1. The number of nitrogens with zero attached hydrogens (tertiary/aromatic N) is 2. The second kappa shape index (κ2) is 12.1. The van der Waals surface area contributed by atoms with Crippen molar-refractivity contribution in [2.45, 2.75) is 82.7 Å². The van der Waals surface area contributed by atoms with Crippen LogP contribution in [-0.2, 0) is 23.9 Å². The summed E-state index contributed by atoms with van der Waals surface area (Å²) in [4.78, 5) is 56.9. The van der Waals surface area contributed by atoms with Crippen molar-refractivity contribution in [3.05, 3.63) is 94.4 Å². The van der Waals surface area contributed by atoms with Crippen molar-refractivity contribution < 1.29 is 28.7 Å². The maximum absolute atomic E-state index is 14.2. The zero-order valence-electron chi connectivity index (χ0n) is 25.9. The van der Waals surface area contributed by atoms with Crippen LogP contribution < -0.4 is 5.32 Å². The van der Waals surface area contributed by atoms with Crippen molar-refractivity contribution in [1.82, 2.24) is 15.1 Å². The van der Waals surface area contributed by atoms with Gasteiger partial charge in [-0.1, -0.05) is 60.7 Å². The topological polar surface area (TPSA) is 105 Å². The van der Waals surface area contributed by atoms with Crippen molar-refractivity contribution >= 4 is 35.6 Å². The van der Waals surface area contributed by atoms with Gasteiger partial charge >= 0.3 is 12.1 Å². The molecule has 232 valence electrons. The van der Waals surface area contributed by atoms with Crippen LogP contribution in [0.15, 0.2) is 83.3 Å². The lowest BCUT2D eigenvalue weighted by atomic mass is 9.95. The SMILES string of the molecule is CC(C)(C)OC(=O)NC1C(=O)N2C(C(=O)OC(c3ccccc3)c3ccccc3)C(C=C3CCN(C(C)(C)C)C3=O)=CSC12. The van der Waals surface area contributed by atoms with Crippen LogP contribution in [0.25, 0.3) is 0 Å². The number of thioether (sulfide) groups is 1. The molecule has 44 heavy (non-hydrogen) atoms. The Bertz CT molecular complexity index is 1450. The molecule has 3 amide bonds. The summed E-state index contributed by atoms with van der Waals surface area (Å²) in [6, 6.07) is 16.8. The maximum atomic E-state index is 14.2. The third kappa shape index (κ3) is 6.55. The molecule has 0 aromatic heterocycles. The summed E-state index contributed by atoms with van der Waals surface area (Å²) in [5, 5.41) is 3.91. The second-order valence-electron chi connectivity index (χ2n) is 13.1. The lowest BCUT2D eigenvalue weighted by molar-refractivity contribution is -0.164. The van der Waals surface area contributed by atoms with Gasteiger partial charge in [-0.15, -0.1) is 11.8 Å². The van der Waals surface area contributed by atoms with E-state index in [0.29, 0.717) is 24.1 Å². The molecule has 3 unspecified atom stereocenters. The van der Waals surface area contributed by atoms with E-state index in [1.165, 1.54) is 16.7 Å². The second-order valence-corrected chi connectivity index (χ2v) is 14.1. The number of alkyl carbamates (subject to hydrolysis) is 1. The van der Waals surface area contributed by atoms with Crippen LogP contribution in [0.1, 0.15) is 65.2 Å². The Balaban J connectivity index is 1.47. The highest BCUT2D eigenvalue weighted by Gasteiger charge is 2.56. The first-order chi connectivity index (χ1) is 20.7. The molecule has 3 atom stereocenters. The quantitative estimate of drug-likeness (QED) is 0.265. The highest BCUT2D eigenvalue weighted by atomic mass is 32.2. The number of carbonyl (C=O) groups is 4. The molecule has 3 heterocycles. The summed E-state index contributed by atoms with van der Waals surface area (Å²) in [5.74, 6) is -1.15. The molecule has 5 rings (SSSR count).